The molecule has 0 spiro atoms. The van der Waals surface area contributed by atoms with Crippen LogP contribution >= 0.6 is 0 Å². The van der Waals surface area contributed by atoms with Crippen LogP contribution in [0.3, 0.4) is 0 Å². The molecular weight excluding hydrogens is 281 g/mol. The van der Waals surface area contributed by atoms with Crippen LogP contribution in [-0.4, -0.2) is 33.6 Å². The molecule has 1 N–H and O–H groups in total. The van der Waals surface area contributed by atoms with Gasteiger partial charge in [-0.05, 0) is 38.1 Å². The highest BCUT2D eigenvalue weighted by atomic mass is 32.2. The second-order valence-corrected chi connectivity index (χ2v) is 7.00. The highest BCUT2D eigenvalue weighted by Gasteiger charge is 2.12. The maximum atomic E-state index is 13.8. The molecule has 20 heavy (non-hydrogen) atoms. The standard InChI is InChI=1S/C14H22FNO3S/c1-4-8-20(17,18)9-7-19-14-6-5-12(10-13(14)15)11(2)16-3/h5-6,10-11,16H,4,7-9H2,1-3H3. The van der Waals surface area contributed by atoms with Crippen LogP contribution in [-0.2, 0) is 9.84 Å². The normalized spacial score (nSPS) is 13.2. The summed E-state index contributed by atoms with van der Waals surface area (Å²) in [5.41, 5.74) is 0.816. The van der Waals surface area contributed by atoms with E-state index in [0.717, 1.165) is 5.56 Å². The van der Waals surface area contributed by atoms with Crippen molar-refractivity contribution >= 4 is 9.84 Å². The Morgan fingerprint density at radius 3 is 2.60 bits per heavy atom. The molecule has 0 saturated carbocycles. The second kappa shape index (κ2) is 7.59. The fraction of sp³-hybridized carbons (Fsp3) is 0.571. The van der Waals surface area contributed by atoms with Gasteiger partial charge in [0.05, 0.1) is 11.5 Å². The smallest absolute Gasteiger partial charge is 0.165 e. The molecule has 0 fully saturated rings. The van der Waals surface area contributed by atoms with Crippen LogP contribution in [0.2, 0.25) is 0 Å². The van der Waals surface area contributed by atoms with E-state index in [1.165, 1.54) is 12.1 Å². The van der Waals surface area contributed by atoms with Crippen LogP contribution in [0.25, 0.3) is 0 Å². The number of ether oxygens (including phenoxy) is 1. The van der Waals surface area contributed by atoms with Gasteiger partial charge in [0.2, 0.25) is 0 Å². The number of halogens is 1. The first-order valence-electron chi connectivity index (χ1n) is 6.69. The molecule has 6 heteroatoms. The van der Waals surface area contributed by atoms with E-state index in [2.05, 4.69) is 5.32 Å². The lowest BCUT2D eigenvalue weighted by molar-refractivity contribution is 0.322. The molecule has 4 nitrogen and oxygen atoms in total. The molecule has 1 unspecified atom stereocenters. The van der Waals surface area contributed by atoms with Crippen LogP contribution in [0.1, 0.15) is 31.9 Å². The van der Waals surface area contributed by atoms with Crippen molar-refractivity contribution in [1.29, 1.82) is 0 Å². The largest absolute Gasteiger partial charge is 0.489 e. The Morgan fingerprint density at radius 2 is 2.05 bits per heavy atom. The maximum absolute atomic E-state index is 13.8. The molecule has 1 rings (SSSR count). The lowest BCUT2D eigenvalue weighted by Gasteiger charge is -2.13. The highest BCUT2D eigenvalue weighted by Crippen LogP contribution is 2.21. The van der Waals surface area contributed by atoms with Gasteiger partial charge in [-0.1, -0.05) is 13.0 Å². The van der Waals surface area contributed by atoms with Gasteiger partial charge < -0.3 is 10.1 Å². The van der Waals surface area contributed by atoms with Gasteiger partial charge in [0, 0.05) is 6.04 Å². The van der Waals surface area contributed by atoms with Crippen LogP contribution in [0.5, 0.6) is 5.75 Å². The first kappa shape index (κ1) is 16.9. The fourth-order valence-electron chi connectivity index (χ4n) is 1.76. The molecule has 0 radical (unpaired) electrons. The molecule has 0 aromatic heterocycles. The van der Waals surface area contributed by atoms with Gasteiger partial charge in [0.1, 0.15) is 6.61 Å². The third-order valence-corrected chi connectivity index (χ3v) is 4.87. The third kappa shape index (κ3) is 5.09. The Kier molecular flexibility index (Phi) is 6.42. The molecule has 0 aliphatic heterocycles. The van der Waals surface area contributed by atoms with E-state index in [-0.39, 0.29) is 29.9 Å². The van der Waals surface area contributed by atoms with E-state index >= 15 is 0 Å². The molecule has 0 heterocycles. The van der Waals surface area contributed by atoms with Crippen molar-refractivity contribution in [1.82, 2.24) is 5.32 Å². The van der Waals surface area contributed by atoms with Crippen molar-refractivity contribution in [2.24, 2.45) is 0 Å². The van der Waals surface area contributed by atoms with Gasteiger partial charge in [0.15, 0.2) is 21.4 Å². The van der Waals surface area contributed by atoms with Crippen molar-refractivity contribution < 1.29 is 17.5 Å². The predicted molar refractivity (Wildman–Crippen MR) is 78.3 cm³/mol. The molecule has 0 saturated heterocycles. The molecular formula is C14H22FNO3S. The zero-order chi connectivity index (χ0) is 15.2. The van der Waals surface area contributed by atoms with E-state index in [9.17, 15) is 12.8 Å². The van der Waals surface area contributed by atoms with E-state index in [0.29, 0.717) is 6.42 Å². The summed E-state index contributed by atoms with van der Waals surface area (Å²) in [6.07, 6.45) is 0.577. The molecule has 0 amide bonds. The SMILES string of the molecule is CCCS(=O)(=O)CCOc1ccc(C(C)NC)cc1F. The van der Waals surface area contributed by atoms with Gasteiger partial charge >= 0.3 is 0 Å². The monoisotopic (exact) mass is 303 g/mol. The predicted octanol–water partition coefficient (Wildman–Crippen LogP) is 2.31. The van der Waals surface area contributed by atoms with Crippen molar-refractivity contribution in [3.8, 4) is 5.75 Å². The van der Waals surface area contributed by atoms with Gasteiger partial charge in [-0.15, -0.1) is 0 Å². The summed E-state index contributed by atoms with van der Waals surface area (Å²) < 4.78 is 42.0. The number of rotatable bonds is 8. The van der Waals surface area contributed by atoms with Crippen molar-refractivity contribution in [2.45, 2.75) is 26.3 Å². The summed E-state index contributed by atoms with van der Waals surface area (Å²) >= 11 is 0. The van der Waals surface area contributed by atoms with Crippen molar-refractivity contribution in [3.63, 3.8) is 0 Å². The van der Waals surface area contributed by atoms with Gasteiger partial charge in [-0.2, -0.15) is 0 Å². The van der Waals surface area contributed by atoms with Crippen molar-refractivity contribution in [2.75, 3.05) is 25.2 Å². The van der Waals surface area contributed by atoms with Crippen LogP contribution < -0.4 is 10.1 Å². The van der Waals surface area contributed by atoms with Gasteiger partial charge in [0.25, 0.3) is 0 Å². The molecule has 1 aromatic rings. The average molecular weight is 303 g/mol. The molecule has 114 valence electrons. The number of benzene rings is 1. The summed E-state index contributed by atoms with van der Waals surface area (Å²) in [5, 5.41) is 3.02. The Balaban J connectivity index is 2.61. The number of nitrogens with one attached hydrogen (secondary N) is 1. The Labute approximate surface area is 120 Å². The van der Waals surface area contributed by atoms with Gasteiger partial charge in [-0.25, -0.2) is 12.8 Å². The minimum absolute atomic E-state index is 0.0276. The molecule has 0 bridgehead atoms. The average Bonchev–Trinajstić information content (AvgIpc) is 2.39. The minimum Gasteiger partial charge on any atom is -0.489 e. The van der Waals surface area contributed by atoms with E-state index in [1.54, 1.807) is 20.0 Å². The number of hydrogen-bond acceptors (Lipinski definition) is 4. The lowest BCUT2D eigenvalue weighted by atomic mass is 10.1. The van der Waals surface area contributed by atoms with Gasteiger partial charge in [-0.3, -0.25) is 0 Å². The quantitative estimate of drug-likeness (QED) is 0.800. The number of hydrogen-bond donors (Lipinski definition) is 1. The Hall–Kier alpha value is -1.14. The zero-order valence-corrected chi connectivity index (χ0v) is 13.0. The minimum atomic E-state index is -3.10. The maximum Gasteiger partial charge on any atom is 0.165 e. The first-order valence-corrected chi connectivity index (χ1v) is 8.51. The summed E-state index contributed by atoms with van der Waals surface area (Å²) in [6, 6.07) is 4.74. The molecule has 1 atom stereocenters. The van der Waals surface area contributed by atoms with Crippen LogP contribution in [0, 0.1) is 5.82 Å². The van der Waals surface area contributed by atoms with E-state index < -0.39 is 15.7 Å². The topological polar surface area (TPSA) is 55.4 Å². The highest BCUT2D eigenvalue weighted by molar-refractivity contribution is 7.91. The molecule has 1 aromatic carbocycles. The number of sulfone groups is 1. The fourth-order valence-corrected chi connectivity index (χ4v) is 2.93. The summed E-state index contributed by atoms with van der Waals surface area (Å²) in [4.78, 5) is 0. The van der Waals surface area contributed by atoms with Crippen LogP contribution in [0.15, 0.2) is 18.2 Å². The van der Waals surface area contributed by atoms with E-state index in [4.69, 9.17) is 4.74 Å². The second-order valence-electron chi connectivity index (χ2n) is 4.70. The molecule has 0 aliphatic carbocycles. The Bertz CT molecular complexity index is 531. The lowest BCUT2D eigenvalue weighted by Crippen LogP contribution is -2.17. The zero-order valence-electron chi connectivity index (χ0n) is 12.1. The third-order valence-electron chi connectivity index (χ3n) is 3.06. The van der Waals surface area contributed by atoms with Crippen LogP contribution in [0.4, 0.5) is 4.39 Å². The summed E-state index contributed by atoms with van der Waals surface area (Å²) in [7, 11) is -1.30. The molecule has 0 aliphatic rings. The summed E-state index contributed by atoms with van der Waals surface area (Å²) in [5.74, 6) is -0.340. The Morgan fingerprint density at radius 1 is 1.35 bits per heavy atom. The first-order chi connectivity index (χ1) is 9.39. The van der Waals surface area contributed by atoms with Crippen molar-refractivity contribution in [3.05, 3.63) is 29.6 Å². The summed E-state index contributed by atoms with van der Waals surface area (Å²) in [6.45, 7) is 3.70. The van der Waals surface area contributed by atoms with E-state index in [1.807, 2.05) is 6.92 Å².